The van der Waals surface area contributed by atoms with Crippen molar-refractivity contribution in [2.45, 2.75) is 32.2 Å². The van der Waals surface area contributed by atoms with Gasteiger partial charge < -0.3 is 10.5 Å². The molecular weight excluding hydrogens is 254 g/mol. The molecule has 0 aliphatic carbocycles. The molecule has 0 aliphatic heterocycles. The van der Waals surface area contributed by atoms with Crippen LogP contribution in [0.4, 0.5) is 0 Å². The molecule has 3 heteroatoms. The van der Waals surface area contributed by atoms with Crippen LogP contribution in [0, 0.1) is 0 Å². The van der Waals surface area contributed by atoms with Crippen molar-refractivity contribution in [1.29, 1.82) is 0 Å². The Morgan fingerprint density at radius 3 is 2.63 bits per heavy atom. The summed E-state index contributed by atoms with van der Waals surface area (Å²) < 4.78 is 5.65. The molecule has 19 heavy (non-hydrogen) atoms. The standard InChI is InChI=1S/C16H21NOS/c1-2-3-9-18-15-6-4-14(5-7-15)16(17)11-13-8-10-19-12-13/h4-8,10,12,16H,2-3,9,11,17H2,1H3. The summed E-state index contributed by atoms with van der Waals surface area (Å²) in [6, 6.07) is 10.3. The van der Waals surface area contributed by atoms with Crippen LogP contribution in [0.15, 0.2) is 41.1 Å². The topological polar surface area (TPSA) is 35.2 Å². The minimum absolute atomic E-state index is 0.0549. The fraction of sp³-hybridized carbons (Fsp3) is 0.375. The van der Waals surface area contributed by atoms with E-state index in [0.717, 1.165) is 37.2 Å². The Hall–Kier alpha value is -1.32. The molecule has 102 valence electrons. The summed E-state index contributed by atoms with van der Waals surface area (Å²) in [6.07, 6.45) is 3.14. The van der Waals surface area contributed by atoms with E-state index in [-0.39, 0.29) is 6.04 Å². The van der Waals surface area contributed by atoms with Gasteiger partial charge in [0.2, 0.25) is 0 Å². The van der Waals surface area contributed by atoms with Gasteiger partial charge in [-0.2, -0.15) is 11.3 Å². The first-order valence-corrected chi connectivity index (χ1v) is 7.73. The number of ether oxygens (including phenoxy) is 1. The molecular formula is C16H21NOS. The average molecular weight is 275 g/mol. The second-order valence-corrected chi connectivity index (χ2v) is 5.49. The molecule has 2 N–H and O–H groups in total. The number of unbranched alkanes of at least 4 members (excludes halogenated alkanes) is 1. The smallest absolute Gasteiger partial charge is 0.119 e. The van der Waals surface area contributed by atoms with Gasteiger partial charge in [-0.3, -0.25) is 0 Å². The molecule has 0 radical (unpaired) electrons. The number of rotatable bonds is 7. The second-order valence-electron chi connectivity index (χ2n) is 4.71. The maximum Gasteiger partial charge on any atom is 0.119 e. The van der Waals surface area contributed by atoms with Crippen LogP contribution in [0.5, 0.6) is 5.75 Å². The van der Waals surface area contributed by atoms with Gasteiger partial charge in [-0.15, -0.1) is 0 Å². The molecule has 2 rings (SSSR count). The van der Waals surface area contributed by atoms with Gasteiger partial charge in [-0.1, -0.05) is 25.5 Å². The molecule has 1 unspecified atom stereocenters. The maximum atomic E-state index is 6.22. The first kappa shape index (κ1) is 14.1. The normalized spacial score (nSPS) is 12.3. The summed E-state index contributed by atoms with van der Waals surface area (Å²) in [6.45, 7) is 2.95. The molecule has 1 heterocycles. The first-order chi connectivity index (χ1) is 9.29. The van der Waals surface area contributed by atoms with E-state index in [1.54, 1.807) is 11.3 Å². The molecule has 0 saturated carbocycles. The lowest BCUT2D eigenvalue weighted by Gasteiger charge is -2.12. The van der Waals surface area contributed by atoms with E-state index in [2.05, 4.69) is 35.9 Å². The van der Waals surface area contributed by atoms with Crippen LogP contribution in [-0.2, 0) is 6.42 Å². The summed E-state index contributed by atoms with van der Waals surface area (Å²) in [4.78, 5) is 0. The van der Waals surface area contributed by atoms with Crippen molar-refractivity contribution in [2.75, 3.05) is 6.61 Å². The zero-order valence-corrected chi connectivity index (χ0v) is 12.2. The summed E-state index contributed by atoms with van der Waals surface area (Å²) in [7, 11) is 0. The van der Waals surface area contributed by atoms with E-state index >= 15 is 0 Å². The highest BCUT2D eigenvalue weighted by Gasteiger charge is 2.07. The quantitative estimate of drug-likeness (QED) is 0.770. The van der Waals surface area contributed by atoms with Gasteiger partial charge in [0.1, 0.15) is 5.75 Å². The highest BCUT2D eigenvalue weighted by atomic mass is 32.1. The van der Waals surface area contributed by atoms with E-state index in [0.29, 0.717) is 0 Å². The number of nitrogens with two attached hydrogens (primary N) is 1. The lowest BCUT2D eigenvalue weighted by atomic mass is 10.0. The van der Waals surface area contributed by atoms with E-state index in [4.69, 9.17) is 10.5 Å². The van der Waals surface area contributed by atoms with Crippen molar-refractivity contribution in [2.24, 2.45) is 5.73 Å². The molecule has 0 amide bonds. The van der Waals surface area contributed by atoms with Crippen LogP contribution >= 0.6 is 11.3 Å². The Bertz CT molecular complexity index is 464. The largest absolute Gasteiger partial charge is 0.494 e. The minimum Gasteiger partial charge on any atom is -0.494 e. The van der Waals surface area contributed by atoms with E-state index in [1.807, 2.05) is 12.1 Å². The number of benzene rings is 1. The van der Waals surface area contributed by atoms with Crippen molar-refractivity contribution in [3.05, 3.63) is 52.2 Å². The van der Waals surface area contributed by atoms with Crippen molar-refractivity contribution in [3.63, 3.8) is 0 Å². The third-order valence-corrected chi connectivity index (χ3v) is 3.84. The third kappa shape index (κ3) is 4.37. The predicted octanol–water partition coefficient (Wildman–Crippen LogP) is 4.17. The van der Waals surface area contributed by atoms with Crippen LogP contribution in [0.3, 0.4) is 0 Å². The van der Waals surface area contributed by atoms with E-state index < -0.39 is 0 Å². The minimum atomic E-state index is 0.0549. The summed E-state index contributed by atoms with van der Waals surface area (Å²) in [5, 5.41) is 4.24. The Morgan fingerprint density at radius 1 is 1.21 bits per heavy atom. The van der Waals surface area contributed by atoms with Gasteiger partial charge in [0, 0.05) is 6.04 Å². The van der Waals surface area contributed by atoms with Crippen LogP contribution < -0.4 is 10.5 Å². The maximum absolute atomic E-state index is 6.22. The van der Waals surface area contributed by atoms with Gasteiger partial charge >= 0.3 is 0 Å². The number of hydrogen-bond donors (Lipinski definition) is 1. The molecule has 0 bridgehead atoms. The molecule has 0 spiro atoms. The van der Waals surface area contributed by atoms with Crippen LogP contribution in [0.25, 0.3) is 0 Å². The zero-order valence-electron chi connectivity index (χ0n) is 11.3. The van der Waals surface area contributed by atoms with Gasteiger partial charge in [0.25, 0.3) is 0 Å². The van der Waals surface area contributed by atoms with Crippen molar-refractivity contribution < 1.29 is 4.74 Å². The predicted molar refractivity (Wildman–Crippen MR) is 81.8 cm³/mol. The fourth-order valence-electron chi connectivity index (χ4n) is 1.93. The molecule has 2 aromatic rings. The Morgan fingerprint density at radius 2 is 2.00 bits per heavy atom. The van der Waals surface area contributed by atoms with Gasteiger partial charge in [-0.25, -0.2) is 0 Å². The monoisotopic (exact) mass is 275 g/mol. The summed E-state index contributed by atoms with van der Waals surface area (Å²) >= 11 is 1.71. The molecule has 0 fully saturated rings. The molecule has 1 aromatic carbocycles. The first-order valence-electron chi connectivity index (χ1n) is 6.79. The van der Waals surface area contributed by atoms with Crippen molar-refractivity contribution in [3.8, 4) is 5.75 Å². The second kappa shape index (κ2) is 7.31. The van der Waals surface area contributed by atoms with Crippen molar-refractivity contribution >= 4 is 11.3 Å². The Kier molecular flexibility index (Phi) is 5.43. The number of hydrogen-bond acceptors (Lipinski definition) is 3. The lowest BCUT2D eigenvalue weighted by Crippen LogP contribution is -2.12. The lowest BCUT2D eigenvalue weighted by molar-refractivity contribution is 0.309. The molecule has 1 atom stereocenters. The SMILES string of the molecule is CCCCOc1ccc(C(N)Cc2ccsc2)cc1. The van der Waals surface area contributed by atoms with Gasteiger partial charge in [0.15, 0.2) is 0 Å². The van der Waals surface area contributed by atoms with Gasteiger partial charge in [-0.05, 0) is 52.9 Å². The zero-order chi connectivity index (χ0) is 13.5. The Labute approximate surface area is 119 Å². The third-order valence-electron chi connectivity index (χ3n) is 3.11. The Balaban J connectivity index is 1.90. The van der Waals surface area contributed by atoms with Crippen LogP contribution in [0.1, 0.15) is 36.9 Å². The molecule has 0 saturated heterocycles. The molecule has 2 nitrogen and oxygen atoms in total. The highest BCUT2D eigenvalue weighted by molar-refractivity contribution is 7.07. The molecule has 0 aliphatic rings. The molecule has 1 aromatic heterocycles. The summed E-state index contributed by atoms with van der Waals surface area (Å²) in [5.74, 6) is 0.930. The van der Waals surface area contributed by atoms with E-state index in [9.17, 15) is 0 Å². The highest BCUT2D eigenvalue weighted by Crippen LogP contribution is 2.20. The number of thiophene rings is 1. The van der Waals surface area contributed by atoms with Crippen LogP contribution in [0.2, 0.25) is 0 Å². The van der Waals surface area contributed by atoms with E-state index in [1.165, 1.54) is 5.56 Å². The van der Waals surface area contributed by atoms with Crippen LogP contribution in [-0.4, -0.2) is 6.61 Å². The fourth-order valence-corrected chi connectivity index (χ4v) is 2.61. The van der Waals surface area contributed by atoms with Gasteiger partial charge in [0.05, 0.1) is 6.61 Å². The average Bonchev–Trinajstić information content (AvgIpc) is 2.93. The van der Waals surface area contributed by atoms with Crippen molar-refractivity contribution in [1.82, 2.24) is 0 Å². The summed E-state index contributed by atoms with van der Waals surface area (Å²) in [5.41, 5.74) is 8.69.